The summed E-state index contributed by atoms with van der Waals surface area (Å²) < 4.78 is 0. The Balaban J connectivity index is 0.000000380. The van der Waals surface area contributed by atoms with Crippen LogP contribution >= 0.6 is 23.5 Å². The highest BCUT2D eigenvalue weighted by molar-refractivity contribution is 8.03. The van der Waals surface area contributed by atoms with Gasteiger partial charge in [-0.25, -0.2) is 9.59 Å². The molecule has 0 amide bonds. The summed E-state index contributed by atoms with van der Waals surface area (Å²) in [7, 11) is 4.30. The Morgan fingerprint density at radius 3 is 2.07 bits per heavy atom. The first kappa shape index (κ1) is 21.3. The van der Waals surface area contributed by atoms with Crippen LogP contribution < -0.4 is 0 Å². The van der Waals surface area contributed by atoms with Crippen molar-refractivity contribution in [2.24, 2.45) is 0 Å². The molecule has 0 radical (unpaired) electrons. The van der Waals surface area contributed by atoms with Crippen LogP contribution in [-0.2, 0) is 9.59 Å². The molecule has 0 fully saturated rings. The highest BCUT2D eigenvalue weighted by atomic mass is 32.2. The molecule has 0 spiro atoms. The van der Waals surface area contributed by atoms with Gasteiger partial charge in [0.1, 0.15) is 0 Å². The van der Waals surface area contributed by atoms with E-state index in [9.17, 15) is 0 Å². The molecule has 3 rings (SSSR count). The number of thioether (sulfide) groups is 1. The number of hydrogen-bond acceptors (Lipinski definition) is 5. The minimum Gasteiger partial charge on any atom is -0.473 e. The summed E-state index contributed by atoms with van der Waals surface area (Å²) >= 11 is 3.95. The Kier molecular flexibility index (Phi) is 8.22. The van der Waals surface area contributed by atoms with Crippen LogP contribution in [0.25, 0.3) is 0 Å². The van der Waals surface area contributed by atoms with Gasteiger partial charge < -0.3 is 15.1 Å². The molecule has 0 aromatic heterocycles. The number of fused-ring (bicyclic) bond motifs is 2. The minimum absolute atomic E-state index is 0.567. The van der Waals surface area contributed by atoms with E-state index in [0.29, 0.717) is 5.25 Å². The number of carbonyl (C=O) groups is 2. The Bertz CT molecular complexity index is 783. The maximum atomic E-state index is 9.10. The average Bonchev–Trinajstić information content (AvgIpc) is 2.78. The van der Waals surface area contributed by atoms with Crippen LogP contribution in [0.5, 0.6) is 0 Å². The van der Waals surface area contributed by atoms with Crippen molar-refractivity contribution >= 4 is 35.5 Å². The molecule has 2 aromatic rings. The lowest BCUT2D eigenvalue weighted by molar-refractivity contribution is -0.159. The molecule has 7 heteroatoms. The minimum atomic E-state index is -1.82. The van der Waals surface area contributed by atoms with E-state index in [1.54, 1.807) is 0 Å². The highest BCUT2D eigenvalue weighted by Gasteiger charge is 2.22. The van der Waals surface area contributed by atoms with E-state index in [4.69, 9.17) is 19.8 Å². The van der Waals surface area contributed by atoms with Crippen LogP contribution in [0.4, 0.5) is 0 Å². The normalized spacial score (nSPS) is 15.0. The van der Waals surface area contributed by atoms with Gasteiger partial charge in [-0.2, -0.15) is 0 Å². The standard InChI is InChI=1S/C18H21NS2.C2H2O4/c1-19(2)13-7-12-16-14-8-3-4-9-15(14)20-17-10-5-6-11-18(17)21-16;3-1(4)2(5)6/h3-6,8-11,16H,7,12-13H2,1-2H3;(H,3,4)(H,5,6). The third-order valence-corrected chi connectivity index (χ3v) is 6.54. The van der Waals surface area contributed by atoms with Gasteiger partial charge in [0.25, 0.3) is 0 Å². The first-order chi connectivity index (χ1) is 12.9. The van der Waals surface area contributed by atoms with Crippen molar-refractivity contribution in [2.75, 3.05) is 20.6 Å². The Morgan fingerprint density at radius 2 is 1.48 bits per heavy atom. The lowest BCUT2D eigenvalue weighted by atomic mass is 10.1. The van der Waals surface area contributed by atoms with E-state index in [0.717, 1.165) is 6.54 Å². The lowest BCUT2D eigenvalue weighted by Gasteiger charge is -2.18. The maximum absolute atomic E-state index is 9.10. The lowest BCUT2D eigenvalue weighted by Crippen LogP contribution is -2.13. The number of aliphatic carboxylic acids is 2. The summed E-state index contributed by atoms with van der Waals surface area (Å²) in [5.41, 5.74) is 1.50. The summed E-state index contributed by atoms with van der Waals surface area (Å²) in [4.78, 5) is 24.7. The predicted molar refractivity (Wildman–Crippen MR) is 109 cm³/mol. The summed E-state index contributed by atoms with van der Waals surface area (Å²) in [6.45, 7) is 1.16. The molecule has 0 bridgehead atoms. The van der Waals surface area contributed by atoms with Gasteiger partial charge in [-0.15, -0.1) is 11.8 Å². The van der Waals surface area contributed by atoms with Gasteiger partial charge in [0.2, 0.25) is 0 Å². The van der Waals surface area contributed by atoms with E-state index < -0.39 is 11.9 Å². The molecule has 1 atom stereocenters. The summed E-state index contributed by atoms with van der Waals surface area (Å²) in [5, 5.41) is 15.3. The Morgan fingerprint density at radius 1 is 0.926 bits per heavy atom. The molecule has 2 aromatic carbocycles. The molecule has 1 heterocycles. The van der Waals surface area contributed by atoms with Crippen molar-refractivity contribution in [1.29, 1.82) is 0 Å². The summed E-state index contributed by atoms with van der Waals surface area (Å²) in [6, 6.07) is 17.7. The van der Waals surface area contributed by atoms with E-state index in [2.05, 4.69) is 67.5 Å². The van der Waals surface area contributed by atoms with Crippen LogP contribution in [-0.4, -0.2) is 47.7 Å². The van der Waals surface area contributed by atoms with Gasteiger partial charge in [-0.3, -0.25) is 0 Å². The van der Waals surface area contributed by atoms with Crippen molar-refractivity contribution in [3.8, 4) is 0 Å². The van der Waals surface area contributed by atoms with Crippen molar-refractivity contribution in [1.82, 2.24) is 4.90 Å². The van der Waals surface area contributed by atoms with Gasteiger partial charge in [-0.1, -0.05) is 42.1 Å². The fourth-order valence-electron chi connectivity index (χ4n) is 2.61. The van der Waals surface area contributed by atoms with Crippen LogP contribution in [0.15, 0.2) is 63.2 Å². The van der Waals surface area contributed by atoms with E-state index in [-0.39, 0.29) is 0 Å². The van der Waals surface area contributed by atoms with E-state index in [1.165, 1.54) is 33.1 Å². The quantitative estimate of drug-likeness (QED) is 0.726. The topological polar surface area (TPSA) is 77.8 Å². The van der Waals surface area contributed by atoms with Gasteiger partial charge >= 0.3 is 11.9 Å². The monoisotopic (exact) mass is 405 g/mol. The molecular formula is C20H23NO4S2. The van der Waals surface area contributed by atoms with Crippen molar-refractivity contribution in [3.63, 3.8) is 0 Å². The third kappa shape index (κ3) is 6.61. The van der Waals surface area contributed by atoms with E-state index >= 15 is 0 Å². The second-order valence-corrected chi connectivity index (χ2v) is 8.58. The second kappa shape index (κ2) is 10.4. The van der Waals surface area contributed by atoms with Gasteiger partial charge in [0.05, 0.1) is 0 Å². The molecule has 0 aliphatic carbocycles. The SMILES string of the molecule is CN(C)CCCC1Sc2ccccc2Sc2ccccc21.O=C(O)C(=O)O. The fourth-order valence-corrected chi connectivity index (χ4v) is 5.25. The van der Waals surface area contributed by atoms with Crippen LogP contribution in [0.1, 0.15) is 23.7 Å². The van der Waals surface area contributed by atoms with Crippen LogP contribution in [0, 0.1) is 0 Å². The van der Waals surface area contributed by atoms with Gasteiger partial charge in [0, 0.05) is 19.9 Å². The fraction of sp³-hybridized carbons (Fsp3) is 0.300. The van der Waals surface area contributed by atoms with Crippen molar-refractivity contribution in [2.45, 2.75) is 32.8 Å². The molecule has 144 valence electrons. The molecule has 1 aliphatic rings. The smallest absolute Gasteiger partial charge is 0.414 e. The van der Waals surface area contributed by atoms with Gasteiger partial charge in [0.15, 0.2) is 0 Å². The molecule has 0 saturated heterocycles. The largest absolute Gasteiger partial charge is 0.473 e. The summed E-state index contributed by atoms with van der Waals surface area (Å²) in [6.07, 6.45) is 2.47. The maximum Gasteiger partial charge on any atom is 0.414 e. The number of hydrogen-bond donors (Lipinski definition) is 2. The molecule has 5 nitrogen and oxygen atoms in total. The first-order valence-corrected chi connectivity index (χ1v) is 10.2. The number of rotatable bonds is 4. The summed E-state index contributed by atoms with van der Waals surface area (Å²) in [5.74, 6) is -3.65. The molecule has 1 aliphatic heterocycles. The number of nitrogens with zero attached hydrogens (tertiary/aromatic N) is 1. The highest BCUT2D eigenvalue weighted by Crippen LogP contribution is 2.50. The Hall–Kier alpha value is -1.96. The Labute approximate surface area is 167 Å². The molecule has 1 unspecified atom stereocenters. The van der Waals surface area contributed by atoms with E-state index in [1.807, 2.05) is 23.5 Å². The zero-order chi connectivity index (χ0) is 19.8. The average molecular weight is 406 g/mol. The zero-order valence-electron chi connectivity index (χ0n) is 15.3. The van der Waals surface area contributed by atoms with Crippen molar-refractivity contribution < 1.29 is 19.8 Å². The molecule has 27 heavy (non-hydrogen) atoms. The first-order valence-electron chi connectivity index (χ1n) is 8.52. The van der Waals surface area contributed by atoms with Crippen molar-refractivity contribution in [3.05, 3.63) is 54.1 Å². The second-order valence-electron chi connectivity index (χ2n) is 6.25. The predicted octanol–water partition coefficient (Wildman–Crippen LogP) is 4.48. The third-order valence-electron chi connectivity index (χ3n) is 3.86. The molecule has 0 saturated carbocycles. The van der Waals surface area contributed by atoms with Crippen LogP contribution in [0.3, 0.4) is 0 Å². The number of carboxylic acid groups (broad SMARTS) is 2. The van der Waals surface area contributed by atoms with Gasteiger partial charge in [-0.05, 0) is 57.2 Å². The molecule has 2 N–H and O–H groups in total. The molecular weight excluding hydrogens is 382 g/mol. The van der Waals surface area contributed by atoms with Crippen LogP contribution in [0.2, 0.25) is 0 Å². The number of benzene rings is 2. The number of carboxylic acids is 2. The zero-order valence-corrected chi connectivity index (χ0v) is 16.9.